The van der Waals surface area contributed by atoms with Crippen LogP contribution in [0.25, 0.3) is 5.57 Å². The summed E-state index contributed by atoms with van der Waals surface area (Å²) in [7, 11) is 3.55. The number of nitrogens with two attached hydrogens (primary N) is 1. The van der Waals surface area contributed by atoms with Crippen LogP contribution in [0.4, 0.5) is 5.69 Å². The van der Waals surface area contributed by atoms with Crippen LogP contribution < -0.4 is 27.0 Å². The number of hydrogen-bond acceptors (Lipinski definition) is 6. The van der Waals surface area contributed by atoms with Gasteiger partial charge in [-0.25, -0.2) is 4.79 Å². The summed E-state index contributed by atoms with van der Waals surface area (Å²) in [6.07, 6.45) is 3.39. The molecular weight excluding hydrogens is 346 g/mol. The number of nitrogens with zero attached hydrogens (tertiary/aromatic N) is 1. The topological polar surface area (TPSA) is 116 Å². The van der Waals surface area contributed by atoms with E-state index in [1.165, 1.54) is 6.20 Å². The van der Waals surface area contributed by atoms with Gasteiger partial charge in [-0.2, -0.15) is 0 Å². The van der Waals surface area contributed by atoms with Crippen LogP contribution in [-0.4, -0.2) is 41.6 Å². The second-order valence-electron chi connectivity index (χ2n) is 6.30. The maximum atomic E-state index is 12.0. The van der Waals surface area contributed by atoms with Crippen molar-refractivity contribution >= 4 is 11.3 Å². The third kappa shape index (κ3) is 3.52. The predicted molar refractivity (Wildman–Crippen MR) is 106 cm³/mol. The van der Waals surface area contributed by atoms with Gasteiger partial charge in [0.1, 0.15) is 17.3 Å². The Labute approximate surface area is 156 Å². The number of para-hydroxylation sites is 1. The third-order valence-electron chi connectivity index (χ3n) is 4.64. The van der Waals surface area contributed by atoms with Crippen molar-refractivity contribution in [3.63, 3.8) is 0 Å². The van der Waals surface area contributed by atoms with Crippen molar-refractivity contribution < 1.29 is 4.74 Å². The van der Waals surface area contributed by atoms with Gasteiger partial charge in [0.25, 0.3) is 5.56 Å². The molecule has 5 N–H and O–H groups in total. The molecule has 1 aliphatic heterocycles. The monoisotopic (exact) mass is 369 g/mol. The van der Waals surface area contributed by atoms with E-state index in [0.717, 1.165) is 28.3 Å². The third-order valence-corrected chi connectivity index (χ3v) is 4.64. The Kier molecular flexibility index (Phi) is 5.18. The molecule has 0 radical (unpaired) electrons. The molecule has 1 unspecified atom stereocenters. The highest BCUT2D eigenvalue weighted by molar-refractivity contribution is 5.78. The van der Waals surface area contributed by atoms with Gasteiger partial charge in [0, 0.05) is 25.4 Å². The summed E-state index contributed by atoms with van der Waals surface area (Å²) < 4.78 is 5.50. The summed E-state index contributed by atoms with van der Waals surface area (Å²) >= 11 is 0. The number of benzene rings is 1. The van der Waals surface area contributed by atoms with Crippen LogP contribution in [0.15, 0.2) is 57.5 Å². The number of aromatic nitrogens is 2. The normalized spacial score (nSPS) is 17.0. The average molecular weight is 369 g/mol. The standard InChI is InChI=1S/C19H23N5O3/c1-11-8-13(12-6-4-5-7-16(12)27-3)15(9-20)24(2)17(11)22-14-10-21-19(26)23-18(14)25/h4-8,10,15,22H,9,20H2,1-3H3,(H2,21,23,25,26). The minimum absolute atomic E-state index is 0.116. The van der Waals surface area contributed by atoms with Gasteiger partial charge >= 0.3 is 5.69 Å². The summed E-state index contributed by atoms with van der Waals surface area (Å²) in [5, 5.41) is 3.10. The van der Waals surface area contributed by atoms with Crippen LogP contribution in [0.2, 0.25) is 0 Å². The number of hydrogen-bond donors (Lipinski definition) is 4. The van der Waals surface area contributed by atoms with Crippen LogP contribution in [0, 0.1) is 0 Å². The fourth-order valence-corrected chi connectivity index (χ4v) is 3.28. The van der Waals surface area contributed by atoms with Crippen molar-refractivity contribution in [2.45, 2.75) is 13.0 Å². The lowest BCUT2D eigenvalue weighted by molar-refractivity contribution is 0.360. The molecule has 0 fully saturated rings. The first-order chi connectivity index (χ1) is 13.0. The molecule has 3 rings (SSSR count). The number of likely N-dealkylation sites (N-methyl/N-ethyl adjacent to an activating group) is 1. The maximum absolute atomic E-state index is 12.0. The molecule has 142 valence electrons. The van der Waals surface area contributed by atoms with Gasteiger partial charge in [-0.15, -0.1) is 0 Å². The Morgan fingerprint density at radius 2 is 2.04 bits per heavy atom. The molecule has 0 amide bonds. The Morgan fingerprint density at radius 1 is 1.30 bits per heavy atom. The van der Waals surface area contributed by atoms with E-state index in [9.17, 15) is 9.59 Å². The highest BCUT2D eigenvalue weighted by Crippen LogP contribution is 2.35. The Hall–Kier alpha value is -3.26. The van der Waals surface area contributed by atoms with Gasteiger partial charge < -0.3 is 25.7 Å². The molecular formula is C19H23N5O3. The lowest BCUT2D eigenvalue weighted by Gasteiger charge is -2.38. The molecule has 2 heterocycles. The van der Waals surface area contributed by atoms with E-state index in [4.69, 9.17) is 10.5 Å². The molecule has 0 aliphatic carbocycles. The minimum Gasteiger partial charge on any atom is -0.496 e. The first-order valence-corrected chi connectivity index (χ1v) is 8.54. The molecule has 27 heavy (non-hydrogen) atoms. The van der Waals surface area contributed by atoms with Crippen molar-refractivity contribution in [1.82, 2.24) is 14.9 Å². The zero-order chi connectivity index (χ0) is 19.6. The van der Waals surface area contributed by atoms with E-state index in [0.29, 0.717) is 6.54 Å². The van der Waals surface area contributed by atoms with E-state index in [1.807, 2.05) is 49.2 Å². The predicted octanol–water partition coefficient (Wildman–Crippen LogP) is 1.07. The van der Waals surface area contributed by atoms with E-state index in [2.05, 4.69) is 15.3 Å². The van der Waals surface area contributed by atoms with Crippen molar-refractivity contribution in [3.05, 3.63) is 74.3 Å². The molecule has 2 aromatic rings. The number of allylic oxidation sites excluding steroid dienone is 2. The molecule has 1 atom stereocenters. The van der Waals surface area contributed by atoms with Crippen molar-refractivity contribution in [2.75, 3.05) is 26.0 Å². The van der Waals surface area contributed by atoms with Gasteiger partial charge in [-0.3, -0.25) is 9.78 Å². The number of nitrogens with one attached hydrogen (secondary N) is 3. The van der Waals surface area contributed by atoms with Crippen molar-refractivity contribution in [3.8, 4) is 5.75 Å². The van der Waals surface area contributed by atoms with E-state index >= 15 is 0 Å². The van der Waals surface area contributed by atoms with Crippen LogP contribution >= 0.6 is 0 Å². The first kappa shape index (κ1) is 18.5. The second-order valence-corrected chi connectivity index (χ2v) is 6.30. The quantitative estimate of drug-likeness (QED) is 0.627. The minimum atomic E-state index is -0.550. The smallest absolute Gasteiger partial charge is 0.325 e. The molecule has 1 aliphatic rings. The molecule has 8 nitrogen and oxygen atoms in total. The van der Waals surface area contributed by atoms with Gasteiger partial charge in [0.2, 0.25) is 0 Å². The lowest BCUT2D eigenvalue weighted by Crippen LogP contribution is -2.43. The highest BCUT2D eigenvalue weighted by Gasteiger charge is 2.28. The van der Waals surface area contributed by atoms with Gasteiger partial charge in [0.05, 0.1) is 13.2 Å². The Balaban J connectivity index is 2.07. The Morgan fingerprint density at radius 3 is 2.70 bits per heavy atom. The van der Waals surface area contributed by atoms with Crippen molar-refractivity contribution in [1.29, 1.82) is 0 Å². The molecule has 1 aromatic heterocycles. The SMILES string of the molecule is COc1ccccc1C1=CC(C)=C(Nc2c[nH]c(=O)[nH]c2=O)N(C)C1CN. The van der Waals surface area contributed by atoms with Crippen LogP contribution in [0.5, 0.6) is 5.75 Å². The molecule has 8 heteroatoms. The number of H-pyrrole nitrogens is 2. The van der Waals surface area contributed by atoms with Crippen LogP contribution in [-0.2, 0) is 0 Å². The number of anilines is 1. The molecule has 0 spiro atoms. The summed E-state index contributed by atoms with van der Waals surface area (Å²) in [5.41, 5.74) is 8.22. The summed E-state index contributed by atoms with van der Waals surface area (Å²) in [6.45, 7) is 2.32. The summed E-state index contributed by atoms with van der Waals surface area (Å²) in [6, 6.07) is 7.68. The van der Waals surface area contributed by atoms with Crippen molar-refractivity contribution in [2.24, 2.45) is 5.73 Å². The maximum Gasteiger partial charge on any atom is 0.325 e. The zero-order valence-corrected chi connectivity index (χ0v) is 15.5. The number of aromatic amines is 2. The zero-order valence-electron chi connectivity index (χ0n) is 15.5. The van der Waals surface area contributed by atoms with Crippen LogP contribution in [0.3, 0.4) is 0 Å². The molecule has 0 saturated heterocycles. The fraction of sp³-hybridized carbons (Fsp3) is 0.263. The average Bonchev–Trinajstić information content (AvgIpc) is 2.66. The fourth-order valence-electron chi connectivity index (χ4n) is 3.28. The summed E-state index contributed by atoms with van der Waals surface area (Å²) in [5.74, 6) is 1.51. The number of ether oxygens (including phenoxy) is 1. The molecule has 1 aromatic carbocycles. The summed E-state index contributed by atoms with van der Waals surface area (Å²) in [4.78, 5) is 29.9. The van der Waals surface area contributed by atoms with Gasteiger partial charge in [0.15, 0.2) is 0 Å². The molecule has 0 bridgehead atoms. The van der Waals surface area contributed by atoms with E-state index < -0.39 is 11.2 Å². The lowest BCUT2D eigenvalue weighted by atomic mass is 9.91. The Bertz CT molecular complexity index is 1020. The largest absolute Gasteiger partial charge is 0.496 e. The first-order valence-electron chi connectivity index (χ1n) is 8.54. The van der Waals surface area contributed by atoms with Gasteiger partial charge in [-0.1, -0.05) is 18.2 Å². The van der Waals surface area contributed by atoms with Crippen LogP contribution in [0.1, 0.15) is 12.5 Å². The van der Waals surface area contributed by atoms with Gasteiger partial charge in [-0.05, 0) is 30.2 Å². The number of rotatable bonds is 5. The second kappa shape index (κ2) is 7.55. The highest BCUT2D eigenvalue weighted by atomic mass is 16.5. The van der Waals surface area contributed by atoms with E-state index in [-0.39, 0.29) is 11.7 Å². The molecule has 0 saturated carbocycles. The van der Waals surface area contributed by atoms with E-state index in [1.54, 1.807) is 7.11 Å². The number of methoxy groups -OCH3 is 1.